The second kappa shape index (κ2) is 16.4. The van der Waals surface area contributed by atoms with Gasteiger partial charge in [0, 0.05) is 0 Å². The third kappa shape index (κ3) is 8.94. The van der Waals surface area contributed by atoms with Crippen molar-refractivity contribution < 1.29 is 20.3 Å². The summed E-state index contributed by atoms with van der Waals surface area (Å²) < 4.78 is 0. The van der Waals surface area contributed by atoms with Gasteiger partial charge in [0.05, 0.1) is 0 Å². The van der Waals surface area contributed by atoms with Gasteiger partial charge in [-0.3, -0.25) is 0 Å². The molecule has 0 spiro atoms. The Morgan fingerprint density at radius 1 is 1.25 bits per heavy atom. The Morgan fingerprint density at radius 3 is 1.25 bits per heavy atom. The minimum absolute atomic E-state index is 0. The Kier molecular flexibility index (Phi) is 112. The van der Waals surface area contributed by atoms with Crippen molar-refractivity contribution in [3.05, 3.63) is 0 Å². The molecular weight excluding hydrogens is 449 g/mol. The first-order valence-electron chi connectivity index (χ1n) is 0. The standard InChI is InChI=1S/Bi.In.Li.Sn.9H/q;;+1;;;;;;;;;;-1. The first-order chi connectivity index (χ1) is 0. The van der Waals surface area contributed by atoms with Gasteiger partial charge in [0.2, 0.25) is 0 Å². The van der Waals surface area contributed by atoms with Crippen molar-refractivity contribution >= 4 is 76.0 Å². The predicted octanol–water partition coefficient (Wildman–Crippen LogP) is -6.17. The first kappa shape index (κ1) is 27.3. The van der Waals surface area contributed by atoms with Crippen LogP contribution in [0, 0.1) is 0 Å². The van der Waals surface area contributed by atoms with Gasteiger partial charge >= 0.3 is 94.8 Å². The SMILES string of the molecule is [BiH3].[H-].[InH3].[Li+].[SnH2]. The van der Waals surface area contributed by atoms with E-state index in [0.717, 1.165) is 0 Å². The predicted molar refractivity (Wildman–Crippen MR) is 29.5 cm³/mol. The van der Waals surface area contributed by atoms with Crippen molar-refractivity contribution in [3.8, 4) is 0 Å². The number of rotatable bonds is 0. The molecule has 0 fully saturated rings. The second-order valence-corrected chi connectivity index (χ2v) is 0. The van der Waals surface area contributed by atoms with Crippen LogP contribution in [0.1, 0.15) is 1.43 Å². The summed E-state index contributed by atoms with van der Waals surface area (Å²) in [5.41, 5.74) is 0. The molecule has 22 valence electrons. The molecule has 0 N–H and O–H groups in total. The van der Waals surface area contributed by atoms with Crippen molar-refractivity contribution in [3.63, 3.8) is 0 Å². The van der Waals surface area contributed by atoms with Gasteiger partial charge in [-0.15, -0.1) is 0 Å². The van der Waals surface area contributed by atoms with Gasteiger partial charge < -0.3 is 1.43 Å². The summed E-state index contributed by atoms with van der Waals surface area (Å²) in [5, 5.41) is 0. The zero-order valence-corrected chi connectivity index (χ0v) is 11.9. The summed E-state index contributed by atoms with van der Waals surface area (Å²) in [6, 6.07) is 0. The normalized spacial score (nSPS) is 0. The fourth-order valence-corrected chi connectivity index (χ4v) is 0. The van der Waals surface area contributed by atoms with E-state index in [9.17, 15) is 0 Å². The Bertz CT molecular complexity index is 11.6. The Labute approximate surface area is 94.4 Å². The molecule has 0 aromatic heterocycles. The van der Waals surface area contributed by atoms with Crippen molar-refractivity contribution in [2.24, 2.45) is 0 Å². The summed E-state index contributed by atoms with van der Waals surface area (Å²) in [7, 11) is 0. The van der Waals surface area contributed by atoms with Gasteiger partial charge in [-0.2, -0.15) is 0 Å². The van der Waals surface area contributed by atoms with Crippen LogP contribution in [0.5, 0.6) is 0 Å². The topological polar surface area (TPSA) is 0 Å². The van der Waals surface area contributed by atoms with Crippen molar-refractivity contribution in [2.45, 2.75) is 0 Å². The van der Waals surface area contributed by atoms with E-state index in [1.54, 1.807) is 0 Å². The zero-order chi connectivity index (χ0) is 0. The van der Waals surface area contributed by atoms with Gasteiger partial charge in [0.1, 0.15) is 0 Å². The molecule has 0 saturated carbocycles. The summed E-state index contributed by atoms with van der Waals surface area (Å²) in [6.07, 6.45) is 0. The number of hydrogen-bond acceptors (Lipinski definition) is 0. The first-order valence-corrected chi connectivity index (χ1v) is 0. The maximum atomic E-state index is 0. The monoisotopic (exact) mass is 460 g/mol. The van der Waals surface area contributed by atoms with Gasteiger partial charge in [-0.1, -0.05) is 0 Å². The maximum absolute atomic E-state index is 0. The quantitative estimate of drug-likeness (QED) is 0.317. The van der Waals surface area contributed by atoms with E-state index in [1.807, 2.05) is 0 Å². The molecule has 0 amide bonds. The van der Waals surface area contributed by atoms with Crippen LogP contribution in [0.4, 0.5) is 0 Å². The van der Waals surface area contributed by atoms with Crippen LogP contribution in [0.2, 0.25) is 0 Å². The van der Waals surface area contributed by atoms with E-state index in [0.29, 0.717) is 0 Å². The molecule has 0 atom stereocenters. The molecule has 0 aromatic carbocycles. The second-order valence-electron chi connectivity index (χ2n) is 0. The van der Waals surface area contributed by atoms with Gasteiger partial charge in [-0.25, -0.2) is 0 Å². The molecule has 0 aliphatic rings. The molecule has 4 heteroatoms. The van der Waals surface area contributed by atoms with Crippen molar-refractivity contribution in [2.75, 3.05) is 0 Å². The average molecular weight is 459 g/mol. The fraction of sp³-hybridized carbons (Fsp3) is 0. The van der Waals surface area contributed by atoms with E-state index >= 15 is 0 Å². The molecule has 0 aromatic rings. The van der Waals surface area contributed by atoms with E-state index in [1.165, 1.54) is 0 Å². The van der Waals surface area contributed by atoms with Crippen LogP contribution >= 0.6 is 0 Å². The molecule has 0 aliphatic heterocycles. The molecule has 2 radical (unpaired) electrons. The van der Waals surface area contributed by atoms with Crippen LogP contribution in [-0.4, -0.2) is 76.0 Å². The van der Waals surface area contributed by atoms with Crippen LogP contribution in [-0.2, 0) is 0 Å². The summed E-state index contributed by atoms with van der Waals surface area (Å²) in [6.45, 7) is 0. The molecule has 0 bridgehead atoms. The minimum atomic E-state index is 0. The molecule has 0 saturated heterocycles. The van der Waals surface area contributed by atoms with Crippen molar-refractivity contribution in [1.82, 2.24) is 0 Å². The molecule has 4 heavy (non-hydrogen) atoms. The Morgan fingerprint density at radius 2 is 1.25 bits per heavy atom. The van der Waals surface area contributed by atoms with Crippen LogP contribution in [0.25, 0.3) is 0 Å². The molecule has 0 nitrogen and oxygen atoms in total. The average Bonchev–Trinajstić information content (AvgIpc) is 0. The molecular formula is H9BiInLiSn. The van der Waals surface area contributed by atoms with E-state index in [4.69, 9.17) is 0 Å². The third-order valence-electron chi connectivity index (χ3n) is 0. The van der Waals surface area contributed by atoms with E-state index in [2.05, 4.69) is 0 Å². The van der Waals surface area contributed by atoms with Crippen LogP contribution < -0.4 is 18.9 Å². The Hall–Kier alpha value is 3.15. The third-order valence-corrected chi connectivity index (χ3v) is 0. The molecule has 0 rings (SSSR count). The van der Waals surface area contributed by atoms with Crippen LogP contribution in [0.3, 0.4) is 0 Å². The van der Waals surface area contributed by atoms with Gasteiger partial charge in [0.15, 0.2) is 0 Å². The summed E-state index contributed by atoms with van der Waals surface area (Å²) in [4.78, 5) is 0. The van der Waals surface area contributed by atoms with Gasteiger partial charge in [-0.05, 0) is 0 Å². The molecule has 0 heterocycles. The molecule has 0 unspecified atom stereocenters. The number of hydrogen-bond donors (Lipinski definition) is 0. The van der Waals surface area contributed by atoms with E-state index < -0.39 is 0 Å². The van der Waals surface area contributed by atoms with E-state index in [-0.39, 0.29) is 96.2 Å². The summed E-state index contributed by atoms with van der Waals surface area (Å²) in [5.74, 6) is 0. The van der Waals surface area contributed by atoms with Crippen molar-refractivity contribution in [1.29, 1.82) is 0 Å². The fourth-order valence-electron chi connectivity index (χ4n) is 0. The summed E-state index contributed by atoms with van der Waals surface area (Å²) >= 11 is 0. The Balaban J connectivity index is 0. The van der Waals surface area contributed by atoms with Crippen LogP contribution in [0.15, 0.2) is 0 Å². The van der Waals surface area contributed by atoms with Gasteiger partial charge in [0.25, 0.3) is 0 Å². The zero-order valence-electron chi connectivity index (χ0n) is 3.41. The molecule has 0 aliphatic carbocycles.